The Labute approximate surface area is 115 Å². The van der Waals surface area contributed by atoms with Crippen LogP contribution in [-0.4, -0.2) is 47.7 Å². The second-order valence-corrected chi connectivity index (χ2v) is 4.37. The molecule has 1 aromatic rings. The quantitative estimate of drug-likeness (QED) is 0.843. The molecule has 1 aliphatic heterocycles. The van der Waals surface area contributed by atoms with Crippen molar-refractivity contribution in [3.63, 3.8) is 0 Å². The van der Waals surface area contributed by atoms with Gasteiger partial charge >= 0.3 is 5.97 Å². The summed E-state index contributed by atoms with van der Waals surface area (Å²) < 4.78 is 18.0. The van der Waals surface area contributed by atoms with Crippen LogP contribution < -0.4 is 0 Å². The third-order valence-electron chi connectivity index (χ3n) is 2.92. The molecule has 1 atom stereocenters. The maximum Gasteiger partial charge on any atom is 0.334 e. The molecule has 0 unspecified atom stereocenters. The van der Waals surface area contributed by atoms with Gasteiger partial charge in [0, 0.05) is 12.6 Å². The summed E-state index contributed by atoms with van der Waals surface area (Å²) in [5.41, 5.74) is 0.571. The summed E-state index contributed by atoms with van der Waals surface area (Å²) in [5.74, 6) is -1.78. The number of carbonyl (C=O) groups is 2. The third kappa shape index (κ3) is 3.64. The average Bonchev–Trinajstić information content (AvgIpc) is 2.45. The van der Waals surface area contributed by atoms with E-state index in [9.17, 15) is 14.0 Å². The molecule has 1 amide bonds. The van der Waals surface area contributed by atoms with Crippen molar-refractivity contribution in [1.82, 2.24) is 4.90 Å². The fourth-order valence-corrected chi connectivity index (χ4v) is 1.88. The van der Waals surface area contributed by atoms with Crippen LogP contribution in [0.2, 0.25) is 0 Å². The molecule has 106 valence electrons. The van der Waals surface area contributed by atoms with Gasteiger partial charge in [-0.3, -0.25) is 4.79 Å². The lowest BCUT2D eigenvalue weighted by molar-refractivity contribution is -0.158. The number of ether oxygens (including phenoxy) is 1. The molecule has 5 nitrogen and oxygen atoms in total. The van der Waals surface area contributed by atoms with Crippen molar-refractivity contribution in [3.8, 4) is 0 Å². The highest BCUT2D eigenvalue weighted by atomic mass is 19.1. The zero-order valence-electron chi connectivity index (χ0n) is 10.7. The Balaban J connectivity index is 1.99. The average molecular weight is 279 g/mol. The monoisotopic (exact) mass is 279 g/mol. The van der Waals surface area contributed by atoms with Crippen LogP contribution in [0.5, 0.6) is 0 Å². The van der Waals surface area contributed by atoms with Gasteiger partial charge in [0.1, 0.15) is 5.82 Å². The number of carboxylic acids is 1. The minimum Gasteiger partial charge on any atom is -0.479 e. The highest BCUT2D eigenvalue weighted by Crippen LogP contribution is 2.09. The van der Waals surface area contributed by atoms with E-state index >= 15 is 0 Å². The van der Waals surface area contributed by atoms with Gasteiger partial charge in [-0.15, -0.1) is 0 Å². The van der Waals surface area contributed by atoms with E-state index in [1.54, 1.807) is 12.1 Å². The fourth-order valence-electron chi connectivity index (χ4n) is 1.88. The van der Waals surface area contributed by atoms with Gasteiger partial charge in [-0.05, 0) is 23.8 Å². The molecule has 1 heterocycles. The molecule has 1 aliphatic rings. The molecular formula is C14H14FNO4. The van der Waals surface area contributed by atoms with Crippen LogP contribution >= 0.6 is 0 Å². The van der Waals surface area contributed by atoms with Crippen molar-refractivity contribution in [3.05, 3.63) is 41.7 Å². The van der Waals surface area contributed by atoms with Gasteiger partial charge in [0.25, 0.3) is 0 Å². The second-order valence-electron chi connectivity index (χ2n) is 4.37. The first-order valence-electron chi connectivity index (χ1n) is 6.13. The Morgan fingerprint density at radius 2 is 2.25 bits per heavy atom. The maximum absolute atomic E-state index is 13.0. The van der Waals surface area contributed by atoms with Gasteiger partial charge in [0.15, 0.2) is 6.10 Å². The number of rotatable bonds is 3. The topological polar surface area (TPSA) is 66.8 Å². The van der Waals surface area contributed by atoms with Crippen LogP contribution in [-0.2, 0) is 14.3 Å². The number of benzene rings is 1. The number of hydrogen-bond acceptors (Lipinski definition) is 3. The zero-order chi connectivity index (χ0) is 14.5. The Bertz CT molecular complexity index is 544. The van der Waals surface area contributed by atoms with E-state index in [1.807, 2.05) is 0 Å². The van der Waals surface area contributed by atoms with Gasteiger partial charge < -0.3 is 14.7 Å². The number of carbonyl (C=O) groups excluding carboxylic acids is 1. The minimum absolute atomic E-state index is 0.0155. The second kappa shape index (κ2) is 6.29. The van der Waals surface area contributed by atoms with Gasteiger partial charge in [0.2, 0.25) is 5.91 Å². The van der Waals surface area contributed by atoms with Crippen molar-refractivity contribution < 1.29 is 23.8 Å². The van der Waals surface area contributed by atoms with Crippen LogP contribution in [0, 0.1) is 5.82 Å². The summed E-state index contributed by atoms with van der Waals surface area (Å²) in [6, 6.07) is 5.85. The van der Waals surface area contributed by atoms with Crippen molar-refractivity contribution in [2.45, 2.75) is 6.10 Å². The molecule has 1 N–H and O–H groups in total. The summed E-state index contributed by atoms with van der Waals surface area (Å²) in [4.78, 5) is 24.1. The maximum atomic E-state index is 13.0. The van der Waals surface area contributed by atoms with E-state index in [0.29, 0.717) is 12.1 Å². The van der Waals surface area contributed by atoms with Crippen molar-refractivity contribution in [2.24, 2.45) is 0 Å². The Morgan fingerprint density at radius 3 is 2.95 bits per heavy atom. The number of halogens is 1. The lowest BCUT2D eigenvalue weighted by Gasteiger charge is -2.30. The van der Waals surface area contributed by atoms with E-state index in [2.05, 4.69) is 0 Å². The Kier molecular flexibility index (Phi) is 4.47. The van der Waals surface area contributed by atoms with E-state index in [-0.39, 0.29) is 24.9 Å². The van der Waals surface area contributed by atoms with Crippen LogP contribution in [0.4, 0.5) is 4.39 Å². The molecule has 0 aromatic heterocycles. The first-order chi connectivity index (χ1) is 9.56. The molecule has 0 radical (unpaired) electrons. The molecule has 0 saturated carbocycles. The Morgan fingerprint density at radius 1 is 1.45 bits per heavy atom. The molecule has 0 bridgehead atoms. The summed E-state index contributed by atoms with van der Waals surface area (Å²) in [7, 11) is 0. The minimum atomic E-state index is -1.09. The van der Waals surface area contributed by atoms with Crippen LogP contribution in [0.3, 0.4) is 0 Å². The van der Waals surface area contributed by atoms with E-state index in [0.717, 1.165) is 0 Å². The first kappa shape index (κ1) is 14.2. The number of nitrogens with zero attached hydrogens (tertiary/aromatic N) is 1. The number of morpholine rings is 1. The third-order valence-corrected chi connectivity index (χ3v) is 2.92. The van der Waals surface area contributed by atoms with Crippen molar-refractivity contribution in [1.29, 1.82) is 0 Å². The highest BCUT2D eigenvalue weighted by molar-refractivity contribution is 5.92. The van der Waals surface area contributed by atoms with Gasteiger partial charge in [-0.1, -0.05) is 12.1 Å². The Hall–Kier alpha value is -2.21. The van der Waals surface area contributed by atoms with Crippen LogP contribution in [0.25, 0.3) is 6.08 Å². The van der Waals surface area contributed by atoms with Gasteiger partial charge in [-0.2, -0.15) is 0 Å². The molecule has 1 saturated heterocycles. The predicted octanol–water partition coefficient (Wildman–Crippen LogP) is 1.15. The lowest BCUT2D eigenvalue weighted by Crippen LogP contribution is -2.48. The SMILES string of the molecule is O=C(O)[C@H]1CN(C(=O)/C=C/c2cccc(F)c2)CCO1. The smallest absolute Gasteiger partial charge is 0.334 e. The number of aliphatic carboxylic acids is 1. The molecule has 0 spiro atoms. The largest absolute Gasteiger partial charge is 0.479 e. The van der Waals surface area contributed by atoms with Crippen molar-refractivity contribution in [2.75, 3.05) is 19.7 Å². The van der Waals surface area contributed by atoms with Gasteiger partial charge in [-0.25, -0.2) is 9.18 Å². The molecular weight excluding hydrogens is 265 g/mol. The fraction of sp³-hybridized carbons (Fsp3) is 0.286. The zero-order valence-corrected chi connectivity index (χ0v) is 10.7. The number of amides is 1. The standard InChI is InChI=1S/C14H14FNO4/c15-11-3-1-2-10(8-11)4-5-13(17)16-6-7-20-12(9-16)14(18)19/h1-5,8,12H,6-7,9H2,(H,18,19)/b5-4+/t12-/m1/s1. The highest BCUT2D eigenvalue weighted by Gasteiger charge is 2.27. The molecule has 6 heteroatoms. The predicted molar refractivity (Wildman–Crippen MR) is 69.4 cm³/mol. The molecule has 1 aromatic carbocycles. The molecule has 20 heavy (non-hydrogen) atoms. The van der Waals surface area contributed by atoms with Crippen molar-refractivity contribution >= 4 is 18.0 Å². The molecule has 1 fully saturated rings. The summed E-state index contributed by atoms with van der Waals surface area (Å²) in [5, 5.41) is 8.85. The van der Waals surface area contributed by atoms with Crippen LogP contribution in [0.1, 0.15) is 5.56 Å². The lowest BCUT2D eigenvalue weighted by atomic mass is 10.2. The first-order valence-corrected chi connectivity index (χ1v) is 6.13. The number of hydrogen-bond donors (Lipinski definition) is 1. The van der Waals surface area contributed by atoms with E-state index in [1.165, 1.54) is 29.2 Å². The van der Waals surface area contributed by atoms with Crippen LogP contribution in [0.15, 0.2) is 30.3 Å². The summed E-state index contributed by atoms with van der Waals surface area (Å²) in [6.07, 6.45) is 1.81. The van der Waals surface area contributed by atoms with E-state index in [4.69, 9.17) is 9.84 Å². The summed E-state index contributed by atoms with van der Waals surface area (Å²) in [6.45, 7) is 0.550. The molecule has 0 aliphatic carbocycles. The molecule has 2 rings (SSSR count). The normalized spacial score (nSPS) is 19.2. The number of carboxylic acid groups (broad SMARTS) is 1. The van der Waals surface area contributed by atoms with Gasteiger partial charge in [0.05, 0.1) is 13.2 Å². The summed E-state index contributed by atoms with van der Waals surface area (Å²) >= 11 is 0. The van der Waals surface area contributed by atoms with E-state index < -0.39 is 12.1 Å².